The van der Waals surface area contributed by atoms with Gasteiger partial charge < -0.3 is 19.5 Å². The number of nitrogens with zero attached hydrogens (tertiary/aromatic N) is 2. The topological polar surface area (TPSA) is 82.9 Å². The lowest BCUT2D eigenvalue weighted by atomic mass is 9.99. The van der Waals surface area contributed by atoms with Gasteiger partial charge in [0.25, 0.3) is 11.8 Å². The Hall–Kier alpha value is -3.87. The molecule has 0 radical (unpaired) electrons. The molecule has 3 aromatic rings. The molecule has 4 rings (SSSR count). The number of carbonyl (C=O) groups is 3. The van der Waals surface area contributed by atoms with Crippen LogP contribution >= 0.6 is 0 Å². The molecule has 0 aliphatic carbocycles. The van der Waals surface area contributed by atoms with E-state index in [2.05, 4.69) is 5.32 Å². The van der Waals surface area contributed by atoms with Crippen molar-refractivity contribution in [2.75, 3.05) is 23.4 Å². The minimum atomic E-state index is -0.256. The first kappa shape index (κ1) is 20.4. The molecule has 7 nitrogen and oxygen atoms in total. The fraction of sp³-hybridized carbons (Fsp3) is 0.208. The number of nitrogens with one attached hydrogen (secondary N) is 1. The van der Waals surface area contributed by atoms with Crippen LogP contribution in [0.1, 0.15) is 34.8 Å². The molecule has 0 fully saturated rings. The summed E-state index contributed by atoms with van der Waals surface area (Å²) in [5.74, 6) is -0.247. The number of carbonyl (C=O) groups excluding carboxylic acids is 3. The summed E-state index contributed by atoms with van der Waals surface area (Å²) in [6.45, 7) is 3.79. The fourth-order valence-corrected chi connectivity index (χ4v) is 3.97. The van der Waals surface area contributed by atoms with Crippen molar-refractivity contribution in [2.45, 2.75) is 19.9 Å². The Morgan fingerprint density at radius 1 is 1.00 bits per heavy atom. The molecule has 7 heteroatoms. The van der Waals surface area contributed by atoms with Gasteiger partial charge in [0.1, 0.15) is 0 Å². The second kappa shape index (κ2) is 8.10. The molecular weight excluding hydrogens is 394 g/mol. The van der Waals surface area contributed by atoms with Crippen LogP contribution in [0.25, 0.3) is 11.1 Å². The maximum absolute atomic E-state index is 13.1. The summed E-state index contributed by atoms with van der Waals surface area (Å²) in [5.41, 5.74) is 3.65. The van der Waals surface area contributed by atoms with E-state index in [9.17, 15) is 14.4 Å². The molecule has 1 aliphatic rings. The summed E-state index contributed by atoms with van der Waals surface area (Å²) in [4.78, 5) is 40.6. The zero-order valence-electron chi connectivity index (χ0n) is 17.6. The highest BCUT2D eigenvalue weighted by molar-refractivity contribution is 6.10. The van der Waals surface area contributed by atoms with Gasteiger partial charge in [-0.25, -0.2) is 0 Å². The van der Waals surface area contributed by atoms with Crippen LogP contribution in [-0.2, 0) is 4.79 Å². The van der Waals surface area contributed by atoms with Crippen LogP contribution in [0.4, 0.5) is 11.4 Å². The molecule has 1 aliphatic heterocycles. The van der Waals surface area contributed by atoms with Gasteiger partial charge in [-0.3, -0.25) is 14.4 Å². The molecule has 1 unspecified atom stereocenters. The summed E-state index contributed by atoms with van der Waals surface area (Å²) >= 11 is 0. The normalized spacial score (nSPS) is 15.4. The third-order valence-electron chi connectivity index (χ3n) is 5.44. The van der Waals surface area contributed by atoms with Gasteiger partial charge in [0, 0.05) is 26.1 Å². The van der Waals surface area contributed by atoms with Crippen LogP contribution in [0.2, 0.25) is 0 Å². The molecule has 0 saturated carbocycles. The highest BCUT2D eigenvalue weighted by Crippen LogP contribution is 2.39. The lowest BCUT2D eigenvalue weighted by molar-refractivity contribution is -0.117. The summed E-state index contributed by atoms with van der Waals surface area (Å²) in [7, 11) is 1.59. The summed E-state index contributed by atoms with van der Waals surface area (Å²) in [6.07, 6.45) is 1.47. The largest absolute Gasteiger partial charge is 0.459 e. The Balaban J connectivity index is 1.79. The fourth-order valence-electron chi connectivity index (χ4n) is 3.97. The Labute approximate surface area is 180 Å². The average Bonchev–Trinajstić information content (AvgIpc) is 3.32. The Bertz CT molecular complexity index is 1140. The Kier molecular flexibility index (Phi) is 5.33. The van der Waals surface area contributed by atoms with Crippen LogP contribution in [0.15, 0.2) is 65.3 Å². The van der Waals surface area contributed by atoms with E-state index in [-0.39, 0.29) is 29.5 Å². The lowest BCUT2D eigenvalue weighted by Gasteiger charge is -2.40. The second-order valence-corrected chi connectivity index (χ2v) is 7.49. The van der Waals surface area contributed by atoms with Crippen LogP contribution in [0.5, 0.6) is 0 Å². The van der Waals surface area contributed by atoms with Gasteiger partial charge in [-0.05, 0) is 54.4 Å². The second-order valence-electron chi connectivity index (χ2n) is 7.49. The minimum absolute atomic E-state index is 0.0819. The van der Waals surface area contributed by atoms with Crippen molar-refractivity contribution in [3.05, 3.63) is 72.2 Å². The zero-order chi connectivity index (χ0) is 22.1. The average molecular weight is 417 g/mol. The molecule has 1 aromatic heterocycles. The summed E-state index contributed by atoms with van der Waals surface area (Å²) in [5, 5.41) is 2.60. The van der Waals surface area contributed by atoms with Crippen molar-refractivity contribution in [3.63, 3.8) is 0 Å². The van der Waals surface area contributed by atoms with E-state index >= 15 is 0 Å². The maximum atomic E-state index is 13.1. The van der Waals surface area contributed by atoms with Gasteiger partial charge >= 0.3 is 0 Å². The first-order chi connectivity index (χ1) is 14.9. The van der Waals surface area contributed by atoms with Crippen molar-refractivity contribution in [1.82, 2.24) is 5.32 Å². The molecule has 1 N–H and O–H groups in total. The van der Waals surface area contributed by atoms with E-state index in [1.807, 2.05) is 37.3 Å². The minimum Gasteiger partial charge on any atom is -0.459 e. The van der Waals surface area contributed by atoms with E-state index in [1.54, 1.807) is 41.1 Å². The molecule has 0 bridgehead atoms. The molecule has 3 amide bonds. The molecule has 0 saturated heterocycles. The molecular formula is C24H23N3O4. The van der Waals surface area contributed by atoms with Crippen molar-refractivity contribution in [1.29, 1.82) is 0 Å². The maximum Gasteiger partial charge on any atom is 0.294 e. The van der Waals surface area contributed by atoms with Crippen molar-refractivity contribution in [2.24, 2.45) is 0 Å². The first-order valence-electron chi connectivity index (χ1n) is 10.0. The smallest absolute Gasteiger partial charge is 0.294 e. The van der Waals surface area contributed by atoms with Crippen LogP contribution in [0.3, 0.4) is 0 Å². The Morgan fingerprint density at radius 2 is 1.71 bits per heavy atom. The van der Waals surface area contributed by atoms with Crippen molar-refractivity contribution < 1.29 is 18.8 Å². The van der Waals surface area contributed by atoms with Crippen LogP contribution < -0.4 is 15.1 Å². The van der Waals surface area contributed by atoms with E-state index in [4.69, 9.17) is 4.42 Å². The lowest BCUT2D eigenvalue weighted by Crippen LogP contribution is -2.51. The first-order valence-corrected chi connectivity index (χ1v) is 10.0. The number of fused-ring (bicyclic) bond motifs is 1. The van der Waals surface area contributed by atoms with Gasteiger partial charge in [-0.1, -0.05) is 18.2 Å². The number of furan rings is 1. The standard InChI is InChI=1S/C24H23N3O4/c1-15-14-26(24(30)22-5-4-12-31-22)21-13-19(10-11-20(21)27(15)16(2)28)17-6-8-18(9-7-17)23(29)25-3/h4-13,15H,14H2,1-3H3,(H,25,29). The third-order valence-corrected chi connectivity index (χ3v) is 5.44. The quantitative estimate of drug-likeness (QED) is 0.704. The number of rotatable bonds is 3. The van der Waals surface area contributed by atoms with Gasteiger partial charge in [0.2, 0.25) is 5.91 Å². The van der Waals surface area contributed by atoms with Gasteiger partial charge in [0.05, 0.1) is 23.7 Å². The number of hydrogen-bond acceptors (Lipinski definition) is 4. The number of benzene rings is 2. The van der Waals surface area contributed by atoms with Crippen LogP contribution in [0, 0.1) is 0 Å². The zero-order valence-corrected chi connectivity index (χ0v) is 17.6. The van der Waals surface area contributed by atoms with E-state index in [0.717, 1.165) is 11.1 Å². The van der Waals surface area contributed by atoms with E-state index in [1.165, 1.54) is 13.2 Å². The molecule has 2 aromatic carbocycles. The predicted octanol–water partition coefficient (Wildman–Crippen LogP) is 3.71. The number of anilines is 2. The molecule has 31 heavy (non-hydrogen) atoms. The van der Waals surface area contributed by atoms with E-state index in [0.29, 0.717) is 23.5 Å². The van der Waals surface area contributed by atoms with Gasteiger partial charge in [-0.15, -0.1) is 0 Å². The SMILES string of the molecule is CNC(=O)c1ccc(-c2ccc3c(c2)N(C(=O)c2ccco2)CC(C)N3C(C)=O)cc1. The highest BCUT2D eigenvalue weighted by atomic mass is 16.3. The van der Waals surface area contributed by atoms with Crippen molar-refractivity contribution >= 4 is 29.1 Å². The summed E-state index contributed by atoms with van der Waals surface area (Å²) in [6, 6.07) is 16.0. The molecule has 2 heterocycles. The summed E-state index contributed by atoms with van der Waals surface area (Å²) < 4.78 is 5.32. The number of amides is 3. The molecule has 1 atom stereocenters. The monoisotopic (exact) mass is 417 g/mol. The van der Waals surface area contributed by atoms with Gasteiger partial charge in [-0.2, -0.15) is 0 Å². The Morgan fingerprint density at radius 3 is 2.32 bits per heavy atom. The van der Waals surface area contributed by atoms with E-state index < -0.39 is 0 Å². The van der Waals surface area contributed by atoms with Crippen molar-refractivity contribution in [3.8, 4) is 11.1 Å². The third kappa shape index (κ3) is 3.70. The molecule has 158 valence electrons. The number of hydrogen-bond donors (Lipinski definition) is 1. The van der Waals surface area contributed by atoms with Gasteiger partial charge in [0.15, 0.2) is 5.76 Å². The predicted molar refractivity (Wildman–Crippen MR) is 118 cm³/mol. The highest BCUT2D eigenvalue weighted by Gasteiger charge is 2.34. The molecule has 0 spiro atoms. The van der Waals surface area contributed by atoms with Crippen LogP contribution in [-0.4, -0.2) is 37.4 Å².